The molecule has 0 unspecified atom stereocenters. The average Bonchev–Trinajstić information content (AvgIpc) is 2.34. The molecular weight excluding hydrogens is 264 g/mol. The lowest BCUT2D eigenvalue weighted by atomic mass is 10.2. The third kappa shape index (κ3) is 2.86. The molecule has 0 heterocycles. The van der Waals surface area contributed by atoms with Gasteiger partial charge in [0, 0.05) is 5.69 Å². The van der Waals surface area contributed by atoms with Gasteiger partial charge in [0.25, 0.3) is 0 Å². The van der Waals surface area contributed by atoms with Crippen LogP contribution in [-0.4, -0.2) is 13.0 Å². The maximum Gasteiger partial charge on any atom is 0.364 e. The monoisotopic (exact) mass is 278 g/mol. The Bertz CT molecular complexity index is 684. The molecule has 100 valence electrons. The molecule has 0 spiro atoms. The van der Waals surface area contributed by atoms with Crippen LogP contribution in [0.2, 0.25) is 0 Å². The molecule has 0 radical (unpaired) electrons. The van der Waals surface area contributed by atoms with Crippen LogP contribution >= 0.6 is 0 Å². The van der Waals surface area contributed by atoms with E-state index in [2.05, 4.69) is 0 Å². The highest BCUT2D eigenvalue weighted by molar-refractivity contribution is 7.87. The molecule has 0 aromatic heterocycles. The van der Waals surface area contributed by atoms with Crippen LogP contribution in [0.3, 0.4) is 0 Å². The van der Waals surface area contributed by atoms with Gasteiger partial charge >= 0.3 is 10.3 Å². The molecule has 6 heteroatoms. The van der Waals surface area contributed by atoms with Crippen LogP contribution in [0.1, 0.15) is 5.56 Å². The molecule has 0 aliphatic heterocycles. The van der Waals surface area contributed by atoms with E-state index in [9.17, 15) is 13.0 Å². The quantitative estimate of drug-likeness (QED) is 0.667. The molecule has 0 fully saturated rings. The maximum absolute atomic E-state index is 11.6. The predicted molar refractivity (Wildman–Crippen MR) is 75.7 cm³/mol. The number of hydrogen-bond donors (Lipinski definition) is 2. The molecule has 0 aliphatic rings. The maximum atomic E-state index is 11.6. The molecule has 0 aliphatic carbocycles. The van der Waals surface area contributed by atoms with Gasteiger partial charge in [-0.05, 0) is 36.8 Å². The summed E-state index contributed by atoms with van der Waals surface area (Å²) in [7, 11) is -4.42. The first-order valence-electron chi connectivity index (χ1n) is 5.58. The zero-order valence-corrected chi connectivity index (χ0v) is 11.1. The van der Waals surface area contributed by atoms with Crippen LogP contribution in [0, 0.1) is 6.92 Å². The van der Waals surface area contributed by atoms with Gasteiger partial charge in [0.1, 0.15) is 0 Å². The fraction of sp³-hybridized carbons (Fsp3) is 0.0769. The van der Waals surface area contributed by atoms with Crippen LogP contribution in [0.4, 0.5) is 17.1 Å². The number of anilines is 3. The molecule has 0 amide bonds. The normalized spacial score (nSPS) is 11.3. The number of nitrogen functional groups attached to an aromatic ring is 1. The number of para-hydroxylation sites is 1. The Hall–Kier alpha value is -2.05. The number of benzene rings is 2. The Morgan fingerprint density at radius 1 is 1.05 bits per heavy atom. The Balaban J connectivity index is 2.60. The number of aryl methyl sites for hydroxylation is 1. The first-order chi connectivity index (χ1) is 8.89. The van der Waals surface area contributed by atoms with E-state index in [0.29, 0.717) is 11.4 Å². The molecule has 2 aromatic carbocycles. The number of hydrogen-bond acceptors (Lipinski definition) is 3. The highest BCUT2D eigenvalue weighted by Crippen LogP contribution is 2.30. The zero-order valence-electron chi connectivity index (χ0n) is 10.3. The molecule has 0 saturated heterocycles. The fourth-order valence-electron chi connectivity index (χ4n) is 1.73. The van der Waals surface area contributed by atoms with Gasteiger partial charge in [0.15, 0.2) is 0 Å². The van der Waals surface area contributed by atoms with Crippen LogP contribution in [0.25, 0.3) is 0 Å². The SMILES string of the molecule is Cc1ccc(N(c2ccccc2)S(=O)(=O)O)cc1N. The minimum Gasteiger partial charge on any atom is -0.398 e. The zero-order chi connectivity index (χ0) is 14.0. The summed E-state index contributed by atoms with van der Waals surface area (Å²) in [5.74, 6) is 0. The largest absolute Gasteiger partial charge is 0.398 e. The Labute approximate surface area is 112 Å². The van der Waals surface area contributed by atoms with E-state index in [1.54, 1.807) is 42.5 Å². The molecule has 0 saturated carbocycles. The Kier molecular flexibility index (Phi) is 3.46. The minimum atomic E-state index is -4.42. The van der Waals surface area contributed by atoms with Gasteiger partial charge in [0.2, 0.25) is 0 Å². The summed E-state index contributed by atoms with van der Waals surface area (Å²) in [6.07, 6.45) is 0. The minimum absolute atomic E-state index is 0.289. The number of nitrogens with two attached hydrogens (primary N) is 1. The first-order valence-corrected chi connectivity index (χ1v) is 6.98. The molecule has 0 bridgehead atoms. The highest BCUT2D eigenvalue weighted by Gasteiger charge is 2.21. The predicted octanol–water partition coefficient (Wildman–Crippen LogP) is 2.52. The van der Waals surface area contributed by atoms with Crippen molar-refractivity contribution < 1.29 is 13.0 Å². The molecule has 0 atom stereocenters. The summed E-state index contributed by atoms with van der Waals surface area (Å²) in [6, 6.07) is 13.1. The van der Waals surface area contributed by atoms with Crippen molar-refractivity contribution in [2.24, 2.45) is 0 Å². The van der Waals surface area contributed by atoms with Crippen molar-refractivity contribution in [1.82, 2.24) is 0 Å². The Morgan fingerprint density at radius 3 is 2.21 bits per heavy atom. The van der Waals surface area contributed by atoms with Gasteiger partial charge in [-0.2, -0.15) is 8.42 Å². The Morgan fingerprint density at radius 2 is 1.68 bits per heavy atom. The van der Waals surface area contributed by atoms with Gasteiger partial charge in [-0.1, -0.05) is 24.3 Å². The molecule has 3 N–H and O–H groups in total. The summed E-state index contributed by atoms with van der Waals surface area (Å²) < 4.78 is 33.4. The van der Waals surface area contributed by atoms with Gasteiger partial charge in [-0.15, -0.1) is 0 Å². The topological polar surface area (TPSA) is 83.6 Å². The molecular formula is C13H14N2O3S. The average molecular weight is 278 g/mol. The first kappa shape index (κ1) is 13.4. The second kappa shape index (κ2) is 4.91. The summed E-state index contributed by atoms with van der Waals surface area (Å²) in [6.45, 7) is 1.82. The van der Waals surface area contributed by atoms with Crippen LogP contribution in [0.15, 0.2) is 48.5 Å². The van der Waals surface area contributed by atoms with Crippen molar-refractivity contribution in [3.05, 3.63) is 54.1 Å². The lowest BCUT2D eigenvalue weighted by Gasteiger charge is -2.21. The number of rotatable bonds is 3. The third-order valence-electron chi connectivity index (χ3n) is 2.72. The van der Waals surface area contributed by atoms with Crippen molar-refractivity contribution in [3.63, 3.8) is 0 Å². The second-order valence-corrected chi connectivity index (χ2v) is 5.38. The fourth-order valence-corrected chi connectivity index (χ4v) is 2.50. The summed E-state index contributed by atoms with van der Waals surface area (Å²) in [5, 5.41) is 0. The standard InChI is InChI=1S/C13H14N2O3S/c1-10-7-8-12(9-13(10)14)15(19(16,17)18)11-5-3-2-4-6-11/h2-9H,14H2,1H3,(H,16,17,18). The smallest absolute Gasteiger partial charge is 0.364 e. The molecule has 2 rings (SSSR count). The molecule has 5 nitrogen and oxygen atoms in total. The van der Waals surface area contributed by atoms with Crippen LogP contribution in [0.5, 0.6) is 0 Å². The van der Waals surface area contributed by atoms with Crippen LogP contribution in [-0.2, 0) is 10.3 Å². The van der Waals surface area contributed by atoms with E-state index in [1.807, 2.05) is 6.92 Å². The van der Waals surface area contributed by atoms with Crippen molar-refractivity contribution in [2.75, 3.05) is 10.0 Å². The van der Waals surface area contributed by atoms with Crippen molar-refractivity contribution >= 4 is 27.4 Å². The van der Waals surface area contributed by atoms with Gasteiger partial charge in [-0.25, -0.2) is 4.31 Å². The van der Waals surface area contributed by atoms with Crippen molar-refractivity contribution in [3.8, 4) is 0 Å². The van der Waals surface area contributed by atoms with Gasteiger partial charge in [-0.3, -0.25) is 4.55 Å². The molecule has 19 heavy (non-hydrogen) atoms. The lowest BCUT2D eigenvalue weighted by Crippen LogP contribution is -2.25. The van der Waals surface area contributed by atoms with Crippen LogP contribution < -0.4 is 10.0 Å². The molecule has 2 aromatic rings. The van der Waals surface area contributed by atoms with Crippen molar-refractivity contribution in [1.29, 1.82) is 0 Å². The third-order valence-corrected chi connectivity index (χ3v) is 3.60. The van der Waals surface area contributed by atoms with E-state index < -0.39 is 10.3 Å². The summed E-state index contributed by atoms with van der Waals surface area (Å²) in [4.78, 5) is 0. The second-order valence-electron chi connectivity index (χ2n) is 4.12. The highest BCUT2D eigenvalue weighted by atomic mass is 32.2. The van der Waals surface area contributed by atoms with E-state index >= 15 is 0 Å². The summed E-state index contributed by atoms with van der Waals surface area (Å²) >= 11 is 0. The van der Waals surface area contributed by atoms with Crippen molar-refractivity contribution in [2.45, 2.75) is 6.92 Å². The van der Waals surface area contributed by atoms with Gasteiger partial charge in [0.05, 0.1) is 11.4 Å². The van der Waals surface area contributed by atoms with Gasteiger partial charge < -0.3 is 5.73 Å². The van der Waals surface area contributed by atoms with E-state index in [4.69, 9.17) is 5.73 Å². The summed E-state index contributed by atoms with van der Waals surface area (Å²) in [5.41, 5.74) is 7.71. The van der Waals surface area contributed by atoms with E-state index in [-0.39, 0.29) is 5.69 Å². The number of nitrogens with zero attached hydrogens (tertiary/aromatic N) is 1. The van der Waals surface area contributed by atoms with E-state index in [1.165, 1.54) is 6.07 Å². The van der Waals surface area contributed by atoms with E-state index in [0.717, 1.165) is 9.87 Å². The lowest BCUT2D eigenvalue weighted by molar-refractivity contribution is 0.483.